The fraction of sp³-hybridized carbons (Fsp3) is 0.565. The molecule has 9 atom stereocenters. The van der Waals surface area contributed by atoms with Gasteiger partial charge in [-0.15, -0.1) is 0 Å². The monoisotopic (exact) mass is 797 g/mol. The Balaban J connectivity index is 1.18. The van der Waals surface area contributed by atoms with E-state index in [4.69, 9.17) is 14.3 Å². The topological polar surface area (TPSA) is 136 Å². The SMILES string of the molecule is COc1c(CN2OC(O)[C@@H]([C@H](C)O)[C@H]2C(=O)N[C@H]2C[C@H]3C[C@@H](C2C)C3(C)C)cccc1-c1cc(C(=O)N[C@@H](Cc2ccccc2)CN(C)C)cc(N2CCOCC2)c1. The molecule has 3 aromatic carbocycles. The lowest BCUT2D eigenvalue weighted by molar-refractivity contribution is -0.231. The Morgan fingerprint density at radius 3 is 2.43 bits per heavy atom. The number of ether oxygens (including phenoxy) is 2. The van der Waals surface area contributed by atoms with Crippen LogP contribution in [0.1, 0.15) is 62.0 Å². The summed E-state index contributed by atoms with van der Waals surface area (Å²) in [6.45, 7) is 11.8. The van der Waals surface area contributed by atoms with E-state index in [1.807, 2.05) is 62.6 Å². The normalized spacial score (nSPS) is 27.8. The summed E-state index contributed by atoms with van der Waals surface area (Å²) < 4.78 is 11.8. The average molecular weight is 798 g/mol. The fourth-order valence-corrected chi connectivity index (χ4v) is 10.2. The number of nitrogens with one attached hydrogen (secondary N) is 2. The summed E-state index contributed by atoms with van der Waals surface area (Å²) in [5, 5.41) is 30.1. The van der Waals surface area contributed by atoms with Gasteiger partial charge < -0.3 is 40.1 Å². The molecule has 3 saturated carbocycles. The summed E-state index contributed by atoms with van der Waals surface area (Å²) in [6, 6.07) is 20.9. The highest BCUT2D eigenvalue weighted by molar-refractivity contribution is 5.97. The molecule has 2 amide bonds. The van der Waals surface area contributed by atoms with Gasteiger partial charge in [-0.05, 0) is 92.8 Å². The maximum absolute atomic E-state index is 14.2. The number of benzene rings is 3. The molecule has 8 rings (SSSR count). The van der Waals surface area contributed by atoms with E-state index in [2.05, 4.69) is 59.4 Å². The Morgan fingerprint density at radius 1 is 1.03 bits per heavy atom. The minimum atomic E-state index is -1.37. The number of carbonyl (C=O) groups is 2. The van der Waals surface area contributed by atoms with Crippen LogP contribution < -0.4 is 20.3 Å². The Kier molecular flexibility index (Phi) is 12.8. The number of nitrogens with zero attached hydrogens (tertiary/aromatic N) is 3. The Morgan fingerprint density at radius 2 is 1.78 bits per heavy atom. The molecule has 5 aliphatic rings. The highest BCUT2D eigenvalue weighted by Gasteiger charge is 2.57. The van der Waals surface area contributed by atoms with E-state index in [1.165, 1.54) is 11.5 Å². The number of anilines is 1. The number of amides is 2. The molecule has 0 radical (unpaired) electrons. The molecule has 3 aliphatic carbocycles. The van der Waals surface area contributed by atoms with Crippen LogP contribution in [0.25, 0.3) is 11.1 Å². The van der Waals surface area contributed by atoms with E-state index in [0.29, 0.717) is 68.3 Å². The van der Waals surface area contributed by atoms with Crippen molar-refractivity contribution in [2.24, 2.45) is 29.1 Å². The number of hydroxylamine groups is 2. The smallest absolute Gasteiger partial charge is 0.251 e. The van der Waals surface area contributed by atoms with E-state index in [9.17, 15) is 19.8 Å². The number of likely N-dealkylation sites (N-methyl/N-ethyl adjacent to an activating group) is 1. The number of hydrogen-bond donors (Lipinski definition) is 4. The number of para-hydroxylation sites is 1. The zero-order chi connectivity index (χ0) is 41.3. The van der Waals surface area contributed by atoms with Crippen LogP contribution in [0.2, 0.25) is 0 Å². The van der Waals surface area contributed by atoms with Gasteiger partial charge in [0.15, 0.2) is 6.29 Å². The molecule has 12 heteroatoms. The van der Waals surface area contributed by atoms with Gasteiger partial charge in [-0.25, -0.2) is 0 Å². The van der Waals surface area contributed by atoms with Gasteiger partial charge in [-0.1, -0.05) is 69.3 Å². The van der Waals surface area contributed by atoms with Gasteiger partial charge in [0.1, 0.15) is 11.8 Å². The predicted molar refractivity (Wildman–Crippen MR) is 224 cm³/mol. The molecule has 58 heavy (non-hydrogen) atoms. The standard InChI is InChI=1S/C46H63N5O7/c1-28-38-24-34(46(38,3)4)25-39(28)48-44(54)41-40(29(2)52)45(55)58-51(41)26-31-14-11-15-37(42(31)56-7)32-21-33(23-36(22-32)50-16-18-57-19-17-50)43(53)47-35(27-49(5)6)20-30-12-9-8-10-13-30/h8-15,21-23,28-29,34-35,38-41,45,52,55H,16-20,24-27H2,1-7H3,(H,47,53)(H,48,54)/t28?,29-,34+,35-,38-,39-,40-,41-,45?/m0/s1. The molecule has 2 bridgehead atoms. The van der Waals surface area contributed by atoms with E-state index >= 15 is 0 Å². The molecule has 0 aromatic heterocycles. The Bertz CT molecular complexity index is 1900. The summed E-state index contributed by atoms with van der Waals surface area (Å²) >= 11 is 0. The molecule has 314 valence electrons. The number of carbonyl (C=O) groups excluding carboxylic acids is 2. The van der Waals surface area contributed by atoms with Crippen LogP contribution in [0.5, 0.6) is 5.75 Å². The van der Waals surface area contributed by atoms with E-state index < -0.39 is 24.4 Å². The first-order valence-corrected chi connectivity index (χ1v) is 21.0. The number of methoxy groups -OCH3 is 1. The molecule has 2 saturated heterocycles. The van der Waals surface area contributed by atoms with Crippen LogP contribution in [0, 0.1) is 29.1 Å². The largest absolute Gasteiger partial charge is 0.496 e. The third kappa shape index (κ3) is 8.78. The first-order chi connectivity index (χ1) is 27.7. The lowest BCUT2D eigenvalue weighted by Crippen LogP contribution is -2.62. The van der Waals surface area contributed by atoms with Crippen molar-refractivity contribution in [3.63, 3.8) is 0 Å². The van der Waals surface area contributed by atoms with E-state index in [0.717, 1.165) is 34.4 Å². The van der Waals surface area contributed by atoms with Gasteiger partial charge in [-0.2, -0.15) is 5.06 Å². The second-order valence-corrected chi connectivity index (χ2v) is 17.9. The molecule has 5 fully saturated rings. The van der Waals surface area contributed by atoms with Crippen molar-refractivity contribution in [1.82, 2.24) is 20.6 Å². The van der Waals surface area contributed by atoms with Gasteiger partial charge >= 0.3 is 0 Å². The van der Waals surface area contributed by atoms with Crippen LogP contribution in [0.4, 0.5) is 5.69 Å². The summed E-state index contributed by atoms with van der Waals surface area (Å²) in [4.78, 5) is 38.8. The van der Waals surface area contributed by atoms with Crippen molar-refractivity contribution in [3.8, 4) is 16.9 Å². The molecule has 0 spiro atoms. The van der Waals surface area contributed by atoms with Gasteiger partial charge in [0.2, 0.25) is 5.91 Å². The minimum Gasteiger partial charge on any atom is -0.496 e. The first-order valence-electron chi connectivity index (χ1n) is 21.0. The molecule has 2 unspecified atom stereocenters. The van der Waals surface area contributed by atoms with E-state index in [1.54, 1.807) is 14.0 Å². The molecule has 4 N–H and O–H groups in total. The molecule has 2 heterocycles. The van der Waals surface area contributed by atoms with Gasteiger partial charge in [0, 0.05) is 54.1 Å². The molecule has 12 nitrogen and oxygen atoms in total. The first kappa shape index (κ1) is 42.1. The highest BCUT2D eigenvalue weighted by atomic mass is 16.8. The average Bonchev–Trinajstić information content (AvgIpc) is 3.54. The third-order valence-corrected chi connectivity index (χ3v) is 13.5. The number of rotatable bonds is 14. The Labute approximate surface area is 343 Å². The number of aliphatic hydroxyl groups is 2. The zero-order valence-corrected chi connectivity index (χ0v) is 35.2. The van der Waals surface area contributed by atoms with Crippen LogP contribution in [-0.2, 0) is 27.3 Å². The number of hydrogen-bond acceptors (Lipinski definition) is 10. The van der Waals surface area contributed by atoms with Crippen LogP contribution in [0.3, 0.4) is 0 Å². The van der Waals surface area contributed by atoms with Gasteiger partial charge in [-0.3, -0.25) is 14.4 Å². The summed E-state index contributed by atoms with van der Waals surface area (Å²) in [5.74, 6) is 0.686. The van der Waals surface area contributed by atoms with Crippen molar-refractivity contribution >= 4 is 17.5 Å². The molecular weight excluding hydrogens is 735 g/mol. The number of morpholine rings is 1. The quantitative estimate of drug-likeness (QED) is 0.182. The van der Waals surface area contributed by atoms with Crippen molar-refractivity contribution in [3.05, 3.63) is 83.4 Å². The van der Waals surface area contributed by atoms with E-state index in [-0.39, 0.29) is 35.9 Å². The second kappa shape index (κ2) is 17.7. The molecular formula is C46H63N5O7. The van der Waals surface area contributed by atoms with Crippen LogP contribution in [0.15, 0.2) is 66.7 Å². The van der Waals surface area contributed by atoms with Crippen molar-refractivity contribution < 1.29 is 34.1 Å². The number of fused-ring (bicyclic) bond motifs is 2. The van der Waals surface area contributed by atoms with Gasteiger partial charge in [0.25, 0.3) is 5.91 Å². The van der Waals surface area contributed by atoms with Crippen molar-refractivity contribution in [1.29, 1.82) is 0 Å². The minimum absolute atomic E-state index is 0.0121. The summed E-state index contributed by atoms with van der Waals surface area (Å²) in [6.07, 6.45) is 0.423. The summed E-state index contributed by atoms with van der Waals surface area (Å²) in [7, 11) is 5.62. The lowest BCUT2D eigenvalue weighted by Gasteiger charge is -2.62. The fourth-order valence-electron chi connectivity index (χ4n) is 10.2. The Hall–Kier alpha value is -4.04. The molecule has 3 aromatic rings. The molecule has 2 aliphatic heterocycles. The highest BCUT2D eigenvalue weighted by Crippen LogP contribution is 2.61. The van der Waals surface area contributed by atoms with Crippen LogP contribution >= 0.6 is 0 Å². The van der Waals surface area contributed by atoms with Crippen molar-refractivity contribution in [2.45, 2.75) is 84.0 Å². The van der Waals surface area contributed by atoms with Gasteiger partial charge in [0.05, 0.1) is 38.9 Å². The lowest BCUT2D eigenvalue weighted by atomic mass is 9.45. The third-order valence-electron chi connectivity index (χ3n) is 13.5. The zero-order valence-electron chi connectivity index (χ0n) is 35.2. The second-order valence-electron chi connectivity index (χ2n) is 17.9. The predicted octanol–water partition coefficient (Wildman–Crippen LogP) is 4.72. The van der Waals surface area contributed by atoms with Crippen molar-refractivity contribution in [2.75, 3.05) is 59.0 Å². The summed E-state index contributed by atoms with van der Waals surface area (Å²) in [5.41, 5.74) is 5.15. The maximum atomic E-state index is 14.2. The van der Waals surface area contributed by atoms with Crippen LogP contribution in [-0.4, -0.2) is 117 Å². The maximum Gasteiger partial charge on any atom is 0.251 e. The number of aliphatic hydroxyl groups excluding tert-OH is 2.